The molecule has 0 saturated carbocycles. The van der Waals surface area contributed by atoms with E-state index in [2.05, 4.69) is 15.3 Å². The fourth-order valence-electron chi connectivity index (χ4n) is 2.25. The summed E-state index contributed by atoms with van der Waals surface area (Å²) >= 11 is 0. The molecule has 0 aliphatic rings. The number of aromatic hydroxyl groups is 1. The minimum Gasteiger partial charge on any atom is -0.508 e. The van der Waals surface area contributed by atoms with Gasteiger partial charge in [-0.1, -0.05) is 12.1 Å². The lowest BCUT2D eigenvalue weighted by atomic mass is 10.2. The molecule has 0 atom stereocenters. The second-order valence-corrected chi connectivity index (χ2v) is 5.58. The van der Waals surface area contributed by atoms with Gasteiger partial charge in [0.2, 0.25) is 0 Å². The Morgan fingerprint density at radius 3 is 2.41 bits per heavy atom. The Balaban J connectivity index is 1.64. The quantitative estimate of drug-likeness (QED) is 0.613. The van der Waals surface area contributed by atoms with E-state index in [1.165, 1.54) is 12.4 Å². The molecule has 2 aromatic carbocycles. The molecule has 4 N–H and O–H groups in total. The SMILES string of the molecule is NC(=O)COc1ccc(C(=O)Nc2cnc(-c3cccc(O)c3)nc2)cc1. The van der Waals surface area contributed by atoms with Crippen molar-refractivity contribution in [1.82, 2.24) is 9.97 Å². The van der Waals surface area contributed by atoms with Crippen LogP contribution in [0.25, 0.3) is 11.4 Å². The number of nitrogens with two attached hydrogens (primary N) is 1. The summed E-state index contributed by atoms with van der Waals surface area (Å²) in [4.78, 5) is 31.3. The molecule has 1 heterocycles. The molecule has 0 saturated heterocycles. The Kier molecular flexibility index (Phi) is 5.27. The van der Waals surface area contributed by atoms with E-state index >= 15 is 0 Å². The molecule has 0 unspecified atom stereocenters. The molecule has 0 fully saturated rings. The van der Waals surface area contributed by atoms with Gasteiger partial charge in [-0.25, -0.2) is 9.97 Å². The van der Waals surface area contributed by atoms with Crippen LogP contribution in [-0.2, 0) is 4.79 Å². The van der Waals surface area contributed by atoms with Crippen LogP contribution < -0.4 is 15.8 Å². The molecule has 0 radical (unpaired) electrons. The van der Waals surface area contributed by atoms with Gasteiger partial charge < -0.3 is 20.9 Å². The molecular weight excluding hydrogens is 348 g/mol. The monoisotopic (exact) mass is 364 g/mol. The second-order valence-electron chi connectivity index (χ2n) is 5.58. The number of carbonyl (C=O) groups is 2. The molecule has 0 bridgehead atoms. The van der Waals surface area contributed by atoms with Gasteiger partial charge in [-0.2, -0.15) is 0 Å². The van der Waals surface area contributed by atoms with Crippen molar-refractivity contribution in [3.63, 3.8) is 0 Å². The number of hydrogen-bond donors (Lipinski definition) is 3. The number of primary amides is 1. The average Bonchev–Trinajstić information content (AvgIpc) is 2.67. The minimum atomic E-state index is -0.578. The average molecular weight is 364 g/mol. The molecule has 2 amide bonds. The number of benzene rings is 2. The van der Waals surface area contributed by atoms with Crippen molar-refractivity contribution in [2.45, 2.75) is 0 Å². The first kappa shape index (κ1) is 17.9. The maximum absolute atomic E-state index is 12.3. The molecule has 3 aromatic rings. The van der Waals surface area contributed by atoms with Crippen LogP contribution in [0.3, 0.4) is 0 Å². The van der Waals surface area contributed by atoms with Crippen LogP contribution in [0.1, 0.15) is 10.4 Å². The van der Waals surface area contributed by atoms with Crippen molar-refractivity contribution >= 4 is 17.5 Å². The van der Waals surface area contributed by atoms with Gasteiger partial charge in [0.1, 0.15) is 11.5 Å². The van der Waals surface area contributed by atoms with Crippen molar-refractivity contribution in [2.24, 2.45) is 5.73 Å². The summed E-state index contributed by atoms with van der Waals surface area (Å²) in [5, 5.41) is 12.2. The first-order chi connectivity index (χ1) is 13.0. The smallest absolute Gasteiger partial charge is 0.255 e. The van der Waals surface area contributed by atoms with Crippen LogP contribution in [0.15, 0.2) is 60.9 Å². The van der Waals surface area contributed by atoms with Gasteiger partial charge in [-0.3, -0.25) is 9.59 Å². The third-order valence-corrected chi connectivity index (χ3v) is 3.51. The van der Waals surface area contributed by atoms with Gasteiger partial charge in [0.15, 0.2) is 12.4 Å². The van der Waals surface area contributed by atoms with Crippen LogP contribution >= 0.6 is 0 Å². The number of nitrogens with one attached hydrogen (secondary N) is 1. The molecule has 27 heavy (non-hydrogen) atoms. The van der Waals surface area contributed by atoms with E-state index in [-0.39, 0.29) is 18.3 Å². The van der Waals surface area contributed by atoms with E-state index in [1.54, 1.807) is 48.5 Å². The molecule has 0 aliphatic heterocycles. The van der Waals surface area contributed by atoms with Gasteiger partial charge in [0, 0.05) is 11.1 Å². The van der Waals surface area contributed by atoms with Crippen molar-refractivity contribution in [3.8, 4) is 22.9 Å². The molecule has 136 valence electrons. The summed E-state index contributed by atoms with van der Waals surface area (Å²) < 4.78 is 5.14. The number of phenolic OH excluding ortho intramolecular Hbond substituents is 1. The zero-order valence-corrected chi connectivity index (χ0v) is 14.1. The number of hydrogen-bond acceptors (Lipinski definition) is 6. The van der Waals surface area contributed by atoms with Crippen LogP contribution in [0.5, 0.6) is 11.5 Å². The Morgan fingerprint density at radius 2 is 1.78 bits per heavy atom. The number of rotatable bonds is 6. The summed E-state index contributed by atoms with van der Waals surface area (Å²) in [5.41, 5.74) is 6.50. The maximum Gasteiger partial charge on any atom is 0.255 e. The number of ether oxygens (including phenoxy) is 1. The first-order valence-corrected chi connectivity index (χ1v) is 7.95. The standard InChI is InChI=1S/C19H16N4O4/c20-17(25)11-27-16-6-4-12(5-7-16)19(26)23-14-9-21-18(22-10-14)13-2-1-3-15(24)8-13/h1-10,24H,11H2,(H2,20,25)(H,23,26). The van der Waals surface area contributed by atoms with Crippen molar-refractivity contribution in [1.29, 1.82) is 0 Å². The lowest BCUT2D eigenvalue weighted by molar-refractivity contribution is -0.119. The topological polar surface area (TPSA) is 127 Å². The van der Waals surface area contributed by atoms with Gasteiger partial charge in [0.05, 0.1) is 18.1 Å². The Morgan fingerprint density at radius 1 is 1.07 bits per heavy atom. The van der Waals surface area contributed by atoms with E-state index in [0.29, 0.717) is 28.4 Å². The fourth-order valence-corrected chi connectivity index (χ4v) is 2.25. The molecular formula is C19H16N4O4. The summed E-state index contributed by atoms with van der Waals surface area (Å²) in [6, 6.07) is 12.8. The van der Waals surface area contributed by atoms with Gasteiger partial charge in [-0.15, -0.1) is 0 Å². The van der Waals surface area contributed by atoms with Crippen LogP contribution in [0, 0.1) is 0 Å². The predicted octanol–water partition coefficient (Wildman–Crippen LogP) is 1.97. The van der Waals surface area contributed by atoms with E-state index in [1.807, 2.05) is 0 Å². The highest BCUT2D eigenvalue weighted by Gasteiger charge is 2.08. The highest BCUT2D eigenvalue weighted by molar-refractivity contribution is 6.04. The fraction of sp³-hybridized carbons (Fsp3) is 0.0526. The normalized spacial score (nSPS) is 10.2. The summed E-state index contributed by atoms with van der Waals surface area (Å²) in [5.74, 6) is 0.0666. The largest absolute Gasteiger partial charge is 0.508 e. The zero-order valence-electron chi connectivity index (χ0n) is 14.1. The highest BCUT2D eigenvalue weighted by atomic mass is 16.5. The Labute approximate surface area is 154 Å². The minimum absolute atomic E-state index is 0.122. The van der Waals surface area contributed by atoms with Crippen molar-refractivity contribution < 1.29 is 19.4 Å². The van der Waals surface area contributed by atoms with Gasteiger partial charge in [0.25, 0.3) is 11.8 Å². The highest BCUT2D eigenvalue weighted by Crippen LogP contribution is 2.20. The number of nitrogens with zero attached hydrogens (tertiary/aromatic N) is 2. The molecule has 8 nitrogen and oxygen atoms in total. The van der Waals surface area contributed by atoms with Gasteiger partial charge >= 0.3 is 0 Å². The van der Waals surface area contributed by atoms with Crippen LogP contribution in [-0.4, -0.2) is 33.5 Å². The number of amides is 2. The third-order valence-electron chi connectivity index (χ3n) is 3.51. The van der Waals surface area contributed by atoms with E-state index in [4.69, 9.17) is 10.5 Å². The Hall–Kier alpha value is -3.94. The maximum atomic E-state index is 12.3. The second kappa shape index (κ2) is 7.96. The van der Waals surface area contributed by atoms with E-state index < -0.39 is 5.91 Å². The molecule has 8 heteroatoms. The summed E-state index contributed by atoms with van der Waals surface area (Å²) in [6.45, 7) is -0.228. The molecule has 0 aliphatic carbocycles. The molecule has 1 aromatic heterocycles. The predicted molar refractivity (Wildman–Crippen MR) is 98.2 cm³/mol. The number of aromatic nitrogens is 2. The van der Waals surface area contributed by atoms with Gasteiger partial charge in [-0.05, 0) is 36.4 Å². The lowest BCUT2D eigenvalue weighted by Crippen LogP contribution is -2.20. The summed E-state index contributed by atoms with van der Waals surface area (Å²) in [7, 11) is 0. The van der Waals surface area contributed by atoms with Crippen LogP contribution in [0.2, 0.25) is 0 Å². The summed E-state index contributed by atoms with van der Waals surface area (Å²) in [6.07, 6.45) is 2.96. The van der Waals surface area contributed by atoms with Crippen LogP contribution in [0.4, 0.5) is 5.69 Å². The van der Waals surface area contributed by atoms with E-state index in [9.17, 15) is 14.7 Å². The number of carbonyl (C=O) groups excluding carboxylic acids is 2. The third kappa shape index (κ3) is 4.79. The van der Waals surface area contributed by atoms with E-state index in [0.717, 1.165) is 0 Å². The van der Waals surface area contributed by atoms with Crippen molar-refractivity contribution in [2.75, 3.05) is 11.9 Å². The number of phenols is 1. The zero-order chi connectivity index (χ0) is 19.2. The molecule has 0 spiro atoms. The Bertz CT molecular complexity index is 956. The molecule has 3 rings (SSSR count). The number of anilines is 1. The van der Waals surface area contributed by atoms with Crippen molar-refractivity contribution in [3.05, 3.63) is 66.5 Å². The first-order valence-electron chi connectivity index (χ1n) is 7.95. The lowest BCUT2D eigenvalue weighted by Gasteiger charge is -2.07.